The van der Waals surface area contributed by atoms with Gasteiger partial charge in [0.2, 0.25) is 0 Å². The maximum Gasteiger partial charge on any atom is 0.293 e. The molecule has 1 heterocycles. The number of benzene rings is 3. The van der Waals surface area contributed by atoms with Gasteiger partial charge in [-0.2, -0.15) is 0 Å². The zero-order valence-electron chi connectivity index (χ0n) is 14.3. The van der Waals surface area contributed by atoms with Gasteiger partial charge >= 0.3 is 0 Å². The number of rotatable bonds is 3. The lowest BCUT2D eigenvalue weighted by Crippen LogP contribution is -2.27. The molecule has 0 radical (unpaired) electrons. The van der Waals surface area contributed by atoms with Crippen LogP contribution >= 0.6 is 11.8 Å². The molecule has 4 heteroatoms. The predicted molar refractivity (Wildman–Crippen MR) is 107 cm³/mol. The van der Waals surface area contributed by atoms with Crippen molar-refractivity contribution in [2.24, 2.45) is 0 Å². The maximum atomic E-state index is 12.7. The number of aryl methyl sites for hydroxylation is 1. The topological polar surface area (TPSA) is 37.4 Å². The number of carbonyl (C=O) groups is 2. The molecule has 0 N–H and O–H groups in total. The summed E-state index contributed by atoms with van der Waals surface area (Å²) in [4.78, 5) is 26.8. The van der Waals surface area contributed by atoms with Crippen molar-refractivity contribution < 1.29 is 9.59 Å². The summed E-state index contributed by atoms with van der Waals surface area (Å²) < 4.78 is 0. The van der Waals surface area contributed by atoms with Crippen molar-refractivity contribution in [2.45, 2.75) is 13.5 Å². The van der Waals surface area contributed by atoms with E-state index in [4.69, 9.17) is 0 Å². The lowest BCUT2D eigenvalue weighted by molar-refractivity contribution is -0.123. The van der Waals surface area contributed by atoms with Gasteiger partial charge in [0.25, 0.3) is 11.1 Å². The minimum atomic E-state index is -0.228. The van der Waals surface area contributed by atoms with E-state index in [2.05, 4.69) is 0 Å². The van der Waals surface area contributed by atoms with Crippen LogP contribution in [0, 0.1) is 6.92 Å². The van der Waals surface area contributed by atoms with Crippen LogP contribution < -0.4 is 0 Å². The fourth-order valence-electron chi connectivity index (χ4n) is 2.97. The molecule has 1 aliphatic rings. The Hall–Kier alpha value is -2.85. The van der Waals surface area contributed by atoms with Crippen LogP contribution in [-0.2, 0) is 11.3 Å². The van der Waals surface area contributed by atoms with Gasteiger partial charge in [-0.15, -0.1) is 0 Å². The van der Waals surface area contributed by atoms with E-state index < -0.39 is 0 Å². The molecule has 128 valence electrons. The Morgan fingerprint density at radius 1 is 0.923 bits per heavy atom. The third-order valence-electron chi connectivity index (χ3n) is 4.40. The normalized spacial score (nSPS) is 16.0. The van der Waals surface area contributed by atoms with Gasteiger partial charge in [-0.25, -0.2) is 0 Å². The molecule has 1 fully saturated rings. The van der Waals surface area contributed by atoms with E-state index in [0.717, 1.165) is 39.2 Å². The molecule has 0 aromatic heterocycles. The Morgan fingerprint density at radius 3 is 2.42 bits per heavy atom. The highest BCUT2D eigenvalue weighted by molar-refractivity contribution is 8.18. The van der Waals surface area contributed by atoms with Gasteiger partial charge in [-0.1, -0.05) is 66.2 Å². The second-order valence-electron chi connectivity index (χ2n) is 6.36. The van der Waals surface area contributed by atoms with E-state index in [1.54, 1.807) is 6.08 Å². The molecule has 1 saturated heterocycles. The number of amides is 2. The fraction of sp³-hybridized carbons (Fsp3) is 0.0909. The molecule has 0 saturated carbocycles. The minimum Gasteiger partial charge on any atom is -0.268 e. The van der Waals surface area contributed by atoms with Gasteiger partial charge in [-0.3, -0.25) is 14.5 Å². The lowest BCUT2D eigenvalue weighted by atomic mass is 10.1. The van der Waals surface area contributed by atoms with Gasteiger partial charge in [0, 0.05) is 0 Å². The number of hydrogen-bond acceptors (Lipinski definition) is 3. The Balaban J connectivity index is 1.57. The Morgan fingerprint density at radius 2 is 1.65 bits per heavy atom. The van der Waals surface area contributed by atoms with Crippen molar-refractivity contribution in [1.29, 1.82) is 0 Å². The van der Waals surface area contributed by atoms with Crippen LogP contribution in [0.5, 0.6) is 0 Å². The van der Waals surface area contributed by atoms with Crippen molar-refractivity contribution in [1.82, 2.24) is 4.90 Å². The molecule has 0 spiro atoms. The molecular weight excluding hydrogens is 342 g/mol. The molecule has 26 heavy (non-hydrogen) atoms. The van der Waals surface area contributed by atoms with Crippen LogP contribution in [0.15, 0.2) is 71.6 Å². The molecule has 2 amide bonds. The van der Waals surface area contributed by atoms with Crippen molar-refractivity contribution in [3.63, 3.8) is 0 Å². The van der Waals surface area contributed by atoms with Crippen molar-refractivity contribution in [3.05, 3.63) is 88.3 Å². The first-order valence-corrected chi connectivity index (χ1v) is 9.21. The Labute approximate surface area is 156 Å². The van der Waals surface area contributed by atoms with Gasteiger partial charge in [-0.05, 0) is 52.7 Å². The summed E-state index contributed by atoms with van der Waals surface area (Å²) in [7, 11) is 0. The summed E-state index contributed by atoms with van der Waals surface area (Å²) in [6, 6.07) is 22.0. The molecular formula is C22H17NO2S. The molecule has 3 aromatic rings. The smallest absolute Gasteiger partial charge is 0.268 e. The van der Waals surface area contributed by atoms with Crippen LogP contribution in [0.1, 0.15) is 16.7 Å². The average Bonchev–Trinajstić information content (AvgIpc) is 2.91. The van der Waals surface area contributed by atoms with Crippen LogP contribution in [0.25, 0.3) is 16.8 Å². The Bertz CT molecular complexity index is 1040. The standard InChI is InChI=1S/C22H17NO2S/c1-15-6-8-16(9-7-15)13-20-21(24)23(22(25)26-20)14-17-10-11-18-4-2-3-5-19(18)12-17/h2-13H,14H2,1H3/b20-13-. The van der Waals surface area contributed by atoms with Crippen molar-refractivity contribution in [2.75, 3.05) is 0 Å². The summed E-state index contributed by atoms with van der Waals surface area (Å²) in [5.41, 5.74) is 3.03. The van der Waals surface area contributed by atoms with Gasteiger partial charge in [0.05, 0.1) is 11.4 Å². The summed E-state index contributed by atoms with van der Waals surface area (Å²) in [5, 5.41) is 2.03. The summed E-state index contributed by atoms with van der Waals surface area (Å²) in [5.74, 6) is -0.228. The second-order valence-corrected chi connectivity index (χ2v) is 7.35. The highest BCUT2D eigenvalue weighted by Gasteiger charge is 2.34. The number of imide groups is 1. The summed E-state index contributed by atoms with van der Waals surface area (Å²) >= 11 is 1.00. The second kappa shape index (κ2) is 6.81. The zero-order chi connectivity index (χ0) is 18.1. The fourth-order valence-corrected chi connectivity index (χ4v) is 3.81. The summed E-state index contributed by atoms with van der Waals surface area (Å²) in [6.07, 6.45) is 1.78. The number of fused-ring (bicyclic) bond motifs is 1. The van der Waals surface area contributed by atoms with E-state index in [9.17, 15) is 9.59 Å². The quantitative estimate of drug-likeness (QED) is 0.589. The van der Waals surface area contributed by atoms with E-state index in [1.807, 2.05) is 73.7 Å². The molecule has 3 aromatic carbocycles. The Kier molecular flexibility index (Phi) is 4.35. The van der Waals surface area contributed by atoms with Gasteiger partial charge < -0.3 is 0 Å². The van der Waals surface area contributed by atoms with E-state index in [1.165, 1.54) is 4.90 Å². The molecule has 4 rings (SSSR count). The molecule has 0 unspecified atom stereocenters. The van der Waals surface area contributed by atoms with E-state index >= 15 is 0 Å². The third kappa shape index (κ3) is 3.28. The molecule has 0 bridgehead atoms. The molecule has 0 atom stereocenters. The first-order chi connectivity index (χ1) is 12.6. The summed E-state index contributed by atoms with van der Waals surface area (Å²) in [6.45, 7) is 2.31. The van der Waals surface area contributed by atoms with Crippen LogP contribution in [-0.4, -0.2) is 16.0 Å². The molecule has 3 nitrogen and oxygen atoms in total. The highest BCUT2D eigenvalue weighted by atomic mass is 32.2. The largest absolute Gasteiger partial charge is 0.293 e. The number of nitrogens with zero attached hydrogens (tertiary/aromatic N) is 1. The van der Waals surface area contributed by atoms with Crippen LogP contribution in [0.4, 0.5) is 4.79 Å². The number of hydrogen-bond donors (Lipinski definition) is 0. The third-order valence-corrected chi connectivity index (χ3v) is 5.31. The molecule has 0 aliphatic carbocycles. The van der Waals surface area contributed by atoms with E-state index in [-0.39, 0.29) is 11.1 Å². The lowest BCUT2D eigenvalue weighted by Gasteiger charge is -2.13. The van der Waals surface area contributed by atoms with Crippen LogP contribution in [0.3, 0.4) is 0 Å². The SMILES string of the molecule is Cc1ccc(/C=C2\SC(=O)N(Cc3ccc4ccccc4c3)C2=O)cc1. The zero-order valence-corrected chi connectivity index (χ0v) is 15.1. The van der Waals surface area contributed by atoms with Gasteiger partial charge in [0.15, 0.2) is 0 Å². The minimum absolute atomic E-state index is 0.221. The van der Waals surface area contributed by atoms with Crippen molar-refractivity contribution in [3.8, 4) is 0 Å². The van der Waals surface area contributed by atoms with Crippen molar-refractivity contribution >= 4 is 39.8 Å². The van der Waals surface area contributed by atoms with Gasteiger partial charge in [0.1, 0.15) is 0 Å². The first-order valence-electron chi connectivity index (χ1n) is 8.40. The van der Waals surface area contributed by atoms with E-state index in [0.29, 0.717) is 11.4 Å². The highest BCUT2D eigenvalue weighted by Crippen LogP contribution is 2.33. The first kappa shape index (κ1) is 16.6. The average molecular weight is 359 g/mol. The maximum absolute atomic E-state index is 12.7. The number of carbonyl (C=O) groups excluding carboxylic acids is 2. The predicted octanol–water partition coefficient (Wildman–Crippen LogP) is 5.38. The monoisotopic (exact) mass is 359 g/mol. The molecule has 1 aliphatic heterocycles. The number of thioether (sulfide) groups is 1. The van der Waals surface area contributed by atoms with Crippen LogP contribution in [0.2, 0.25) is 0 Å².